The van der Waals surface area contributed by atoms with Gasteiger partial charge in [0.2, 0.25) is 0 Å². The van der Waals surface area contributed by atoms with E-state index in [1.807, 2.05) is 78.1 Å². The van der Waals surface area contributed by atoms with Gasteiger partial charge >= 0.3 is 0 Å². The molecular weight excluding hydrogens is 372 g/mol. The van der Waals surface area contributed by atoms with Crippen LogP contribution in [0.4, 0.5) is 0 Å². The van der Waals surface area contributed by atoms with E-state index >= 15 is 0 Å². The topological polar surface area (TPSA) is 17.1 Å². The van der Waals surface area contributed by atoms with Gasteiger partial charge in [0.1, 0.15) is 0 Å². The molecule has 1 heterocycles. The van der Waals surface area contributed by atoms with Crippen LogP contribution in [-0.2, 0) is 0 Å². The first-order chi connectivity index (χ1) is 14.3. The lowest BCUT2D eigenvalue weighted by Gasteiger charge is -1.94. The Kier molecular flexibility index (Phi) is 5.94. The highest BCUT2D eigenvalue weighted by Crippen LogP contribution is 2.32. The van der Waals surface area contributed by atoms with Gasteiger partial charge in [0.05, 0.1) is 0 Å². The van der Waals surface area contributed by atoms with Crippen molar-refractivity contribution in [3.63, 3.8) is 0 Å². The summed E-state index contributed by atoms with van der Waals surface area (Å²) in [6, 6.07) is 36.2. The standard InChI is InChI=1S/C15H12O.C12H8S/c16-15(14-9-5-2-6-10-14)12-11-13-7-3-1-4-8-13;1-3-7-11-9(5-1)10-6-2-4-8-12(10)13-11/h1-12H;1-8H. The van der Waals surface area contributed by atoms with Crippen molar-refractivity contribution in [2.75, 3.05) is 0 Å². The number of allylic oxidation sites excluding steroid dienone is 1. The summed E-state index contributed by atoms with van der Waals surface area (Å²) in [7, 11) is 0. The second-order valence-corrected chi connectivity index (χ2v) is 7.65. The van der Waals surface area contributed by atoms with Crippen molar-refractivity contribution in [3.8, 4) is 0 Å². The lowest BCUT2D eigenvalue weighted by atomic mass is 10.1. The third-order valence-corrected chi connectivity index (χ3v) is 5.72. The van der Waals surface area contributed by atoms with Gasteiger partial charge in [0, 0.05) is 25.7 Å². The van der Waals surface area contributed by atoms with E-state index in [1.54, 1.807) is 6.08 Å². The molecule has 0 bridgehead atoms. The summed E-state index contributed by atoms with van der Waals surface area (Å²) in [6.07, 6.45) is 3.43. The zero-order valence-electron chi connectivity index (χ0n) is 15.9. The number of hydrogen-bond acceptors (Lipinski definition) is 2. The smallest absolute Gasteiger partial charge is 0.185 e. The van der Waals surface area contributed by atoms with Crippen LogP contribution in [0.25, 0.3) is 26.2 Å². The van der Waals surface area contributed by atoms with Crippen molar-refractivity contribution < 1.29 is 4.79 Å². The van der Waals surface area contributed by atoms with E-state index in [9.17, 15) is 4.79 Å². The average Bonchev–Trinajstić information content (AvgIpc) is 3.18. The quantitative estimate of drug-likeness (QED) is 0.228. The zero-order chi connectivity index (χ0) is 19.9. The fraction of sp³-hybridized carbons (Fsp3) is 0. The van der Waals surface area contributed by atoms with Crippen LogP contribution in [-0.4, -0.2) is 5.78 Å². The number of thiophene rings is 1. The molecule has 0 aliphatic heterocycles. The van der Waals surface area contributed by atoms with E-state index in [1.165, 1.54) is 20.2 Å². The maximum atomic E-state index is 11.7. The van der Waals surface area contributed by atoms with Gasteiger partial charge in [0.15, 0.2) is 5.78 Å². The summed E-state index contributed by atoms with van der Waals surface area (Å²) in [4.78, 5) is 11.7. The molecule has 2 heteroatoms. The second-order valence-electron chi connectivity index (χ2n) is 6.57. The predicted octanol–water partition coefficient (Wildman–Crippen LogP) is 7.64. The molecule has 1 aromatic heterocycles. The number of hydrogen-bond donors (Lipinski definition) is 0. The average molecular weight is 393 g/mol. The van der Waals surface area contributed by atoms with E-state index in [2.05, 4.69) is 48.5 Å². The lowest BCUT2D eigenvalue weighted by Crippen LogP contribution is -1.92. The minimum absolute atomic E-state index is 0.0319. The van der Waals surface area contributed by atoms with Gasteiger partial charge in [-0.2, -0.15) is 0 Å². The van der Waals surface area contributed by atoms with Gasteiger partial charge in [-0.25, -0.2) is 0 Å². The maximum absolute atomic E-state index is 11.7. The van der Waals surface area contributed by atoms with Crippen molar-refractivity contribution >= 4 is 43.4 Å². The number of carbonyl (C=O) groups is 1. The minimum Gasteiger partial charge on any atom is -0.289 e. The summed E-state index contributed by atoms with van der Waals surface area (Å²) in [5.74, 6) is 0.0319. The van der Waals surface area contributed by atoms with E-state index in [-0.39, 0.29) is 5.78 Å². The molecule has 1 nitrogen and oxygen atoms in total. The Morgan fingerprint density at radius 3 is 1.66 bits per heavy atom. The largest absolute Gasteiger partial charge is 0.289 e. The number of fused-ring (bicyclic) bond motifs is 3. The number of ketones is 1. The number of rotatable bonds is 3. The molecule has 0 aliphatic carbocycles. The molecule has 0 radical (unpaired) electrons. The monoisotopic (exact) mass is 392 g/mol. The second kappa shape index (κ2) is 9.13. The Bertz CT molecular complexity index is 1200. The van der Waals surface area contributed by atoms with E-state index in [4.69, 9.17) is 0 Å². The molecule has 5 aromatic rings. The van der Waals surface area contributed by atoms with Crippen molar-refractivity contribution in [2.45, 2.75) is 0 Å². The third kappa shape index (κ3) is 4.68. The normalized spacial score (nSPS) is 10.8. The number of benzene rings is 4. The van der Waals surface area contributed by atoms with Crippen LogP contribution in [0.2, 0.25) is 0 Å². The number of carbonyl (C=O) groups excluding carboxylic acids is 1. The van der Waals surface area contributed by atoms with Gasteiger partial charge in [-0.05, 0) is 23.8 Å². The van der Waals surface area contributed by atoms with Crippen LogP contribution in [0.1, 0.15) is 15.9 Å². The summed E-state index contributed by atoms with van der Waals surface area (Å²) in [6.45, 7) is 0. The molecule has 0 saturated carbocycles. The van der Waals surface area contributed by atoms with Crippen LogP contribution in [0.5, 0.6) is 0 Å². The molecule has 140 valence electrons. The Hall–Kier alpha value is -3.49. The van der Waals surface area contributed by atoms with E-state index in [0.29, 0.717) is 0 Å². The molecule has 0 saturated heterocycles. The van der Waals surface area contributed by atoms with Gasteiger partial charge in [-0.15, -0.1) is 11.3 Å². The first kappa shape index (κ1) is 18.9. The fourth-order valence-corrected chi connectivity index (χ4v) is 4.22. The van der Waals surface area contributed by atoms with Gasteiger partial charge in [0.25, 0.3) is 0 Å². The van der Waals surface area contributed by atoms with Gasteiger partial charge in [-0.1, -0.05) is 103 Å². The SMILES string of the molecule is O=C(C=Cc1ccccc1)c1ccccc1.c1ccc2c(c1)sc1ccccc12. The molecule has 0 atom stereocenters. The van der Waals surface area contributed by atoms with Crippen molar-refractivity contribution in [1.29, 1.82) is 0 Å². The summed E-state index contributed by atoms with van der Waals surface area (Å²) < 4.78 is 2.76. The van der Waals surface area contributed by atoms with Crippen LogP contribution < -0.4 is 0 Å². The molecule has 29 heavy (non-hydrogen) atoms. The Morgan fingerprint density at radius 2 is 1.07 bits per heavy atom. The Morgan fingerprint density at radius 1 is 0.586 bits per heavy atom. The predicted molar refractivity (Wildman–Crippen MR) is 126 cm³/mol. The molecule has 5 rings (SSSR count). The molecule has 0 spiro atoms. The van der Waals surface area contributed by atoms with Gasteiger partial charge < -0.3 is 0 Å². The molecule has 0 N–H and O–H groups in total. The van der Waals surface area contributed by atoms with Crippen LogP contribution >= 0.6 is 11.3 Å². The maximum Gasteiger partial charge on any atom is 0.185 e. The van der Waals surface area contributed by atoms with Gasteiger partial charge in [-0.3, -0.25) is 4.79 Å². The highest BCUT2D eigenvalue weighted by atomic mass is 32.1. The van der Waals surface area contributed by atoms with E-state index < -0.39 is 0 Å². The first-order valence-corrected chi connectivity index (χ1v) is 10.3. The molecule has 0 aliphatic rings. The molecular formula is C27H20OS. The summed E-state index contributed by atoms with van der Waals surface area (Å²) in [5, 5.41) is 2.76. The summed E-state index contributed by atoms with van der Waals surface area (Å²) in [5.41, 5.74) is 1.75. The molecule has 0 fully saturated rings. The van der Waals surface area contributed by atoms with Crippen molar-refractivity contribution in [2.24, 2.45) is 0 Å². The van der Waals surface area contributed by atoms with Crippen LogP contribution in [0.15, 0.2) is 115 Å². The third-order valence-electron chi connectivity index (χ3n) is 4.57. The zero-order valence-corrected chi connectivity index (χ0v) is 16.7. The lowest BCUT2D eigenvalue weighted by molar-refractivity contribution is 0.104. The highest BCUT2D eigenvalue weighted by Gasteiger charge is 2.01. The molecule has 0 unspecified atom stereocenters. The minimum atomic E-state index is 0.0319. The first-order valence-electron chi connectivity index (χ1n) is 9.50. The summed E-state index contributed by atoms with van der Waals surface area (Å²) >= 11 is 1.86. The molecule has 4 aromatic carbocycles. The highest BCUT2D eigenvalue weighted by molar-refractivity contribution is 7.25. The van der Waals surface area contributed by atoms with Crippen LogP contribution in [0, 0.1) is 0 Å². The van der Waals surface area contributed by atoms with E-state index in [0.717, 1.165) is 11.1 Å². The Balaban J connectivity index is 0.000000144. The molecule has 0 amide bonds. The fourth-order valence-electron chi connectivity index (χ4n) is 3.11. The van der Waals surface area contributed by atoms with Crippen molar-refractivity contribution in [3.05, 3.63) is 126 Å². The van der Waals surface area contributed by atoms with Crippen molar-refractivity contribution in [1.82, 2.24) is 0 Å². The Labute approximate surface area is 174 Å². The van der Waals surface area contributed by atoms with Crippen LogP contribution in [0.3, 0.4) is 0 Å².